The van der Waals surface area contributed by atoms with Crippen LogP contribution in [0.25, 0.3) is 11.4 Å². The van der Waals surface area contributed by atoms with Crippen LogP contribution in [-0.2, 0) is 40.7 Å². The molecular weight excluding hydrogens is 961 g/mol. The summed E-state index contributed by atoms with van der Waals surface area (Å²) in [6.07, 6.45) is 7.74. The summed E-state index contributed by atoms with van der Waals surface area (Å²) in [6.45, 7) is 10.3. The number of hydrogen-bond acceptors (Lipinski definition) is 14. The van der Waals surface area contributed by atoms with E-state index >= 15 is 0 Å². The van der Waals surface area contributed by atoms with Gasteiger partial charge < -0.3 is 44.7 Å². The fourth-order valence-electron chi connectivity index (χ4n) is 9.25. The summed E-state index contributed by atoms with van der Waals surface area (Å²) in [4.78, 5) is 88.6. The van der Waals surface area contributed by atoms with Gasteiger partial charge in [-0.05, 0) is 133 Å². The molecule has 8 rings (SSSR count). The van der Waals surface area contributed by atoms with E-state index in [0.29, 0.717) is 92.8 Å². The summed E-state index contributed by atoms with van der Waals surface area (Å²) in [5.41, 5.74) is 3.15. The number of rotatable bonds is 22. The smallest absolute Gasteiger partial charge is 0.410 e. The number of nitrogens with zero attached hydrogens (tertiary/aromatic N) is 5. The number of nitrogens with one attached hydrogen (secondary N) is 5. The van der Waals surface area contributed by atoms with Crippen LogP contribution in [0, 0.1) is 0 Å². The highest BCUT2D eigenvalue weighted by Crippen LogP contribution is 2.37. The Morgan fingerprint density at radius 1 is 0.867 bits per heavy atom. The monoisotopic (exact) mass is 1030 g/mol. The third kappa shape index (κ3) is 14.1. The molecule has 2 atom stereocenters. The molecule has 75 heavy (non-hydrogen) atoms. The van der Waals surface area contributed by atoms with Crippen molar-refractivity contribution in [3.05, 3.63) is 119 Å². The molecule has 396 valence electrons. The van der Waals surface area contributed by atoms with Gasteiger partial charge >= 0.3 is 6.09 Å². The molecule has 6 amide bonds. The minimum atomic E-state index is -0.736. The number of aromatic amines is 1. The molecule has 20 nitrogen and oxygen atoms in total. The van der Waals surface area contributed by atoms with Gasteiger partial charge in [-0.3, -0.25) is 39.4 Å². The number of benzene rings is 3. The Hall–Kier alpha value is -7.71. The van der Waals surface area contributed by atoms with Gasteiger partial charge in [0.2, 0.25) is 17.7 Å². The molecule has 0 bridgehead atoms. The van der Waals surface area contributed by atoms with E-state index in [4.69, 9.17) is 23.9 Å². The van der Waals surface area contributed by atoms with E-state index < -0.39 is 23.1 Å². The SMILES string of the molecule is C[C@@H](NC(=O)c1cccc(NC2(c3nc(-c4ccncc4)n[nH]3)CCN(C(=O)OC(C)(C)C)CC2)c1)c1ccc(OCCCCCOCCCOCC(=O)Nc2cccc3c2CN(C2CCC(=O)NC2=O)C3=O)cc1. The van der Waals surface area contributed by atoms with Crippen molar-refractivity contribution in [2.24, 2.45) is 0 Å². The second kappa shape index (κ2) is 24.5. The number of unbranched alkanes of at least 4 members (excludes halogenated alkanes) is 2. The second-order valence-electron chi connectivity index (χ2n) is 20.0. The molecule has 5 aromatic rings. The molecule has 0 saturated carbocycles. The Balaban J connectivity index is 0.710. The van der Waals surface area contributed by atoms with Crippen LogP contribution in [0.2, 0.25) is 0 Å². The zero-order valence-electron chi connectivity index (χ0n) is 42.9. The molecule has 1 unspecified atom stereocenters. The van der Waals surface area contributed by atoms with Crippen molar-refractivity contribution < 1.29 is 47.7 Å². The number of fused-ring (bicyclic) bond motifs is 1. The zero-order valence-corrected chi connectivity index (χ0v) is 42.9. The number of imide groups is 1. The van der Waals surface area contributed by atoms with Gasteiger partial charge in [0, 0.05) is 91.9 Å². The van der Waals surface area contributed by atoms with Crippen molar-refractivity contribution in [3.8, 4) is 17.1 Å². The number of carbonyl (C=O) groups is 6. The number of carbonyl (C=O) groups excluding carboxylic acids is 6. The van der Waals surface area contributed by atoms with Crippen LogP contribution in [0.5, 0.6) is 5.75 Å². The molecular formula is C55H66N10O10. The Morgan fingerprint density at radius 2 is 1.60 bits per heavy atom. The molecule has 0 spiro atoms. The predicted octanol–water partition coefficient (Wildman–Crippen LogP) is 7.07. The number of pyridine rings is 1. The second-order valence-corrected chi connectivity index (χ2v) is 20.0. The van der Waals surface area contributed by atoms with E-state index in [-0.39, 0.29) is 61.8 Å². The largest absolute Gasteiger partial charge is 0.494 e. The van der Waals surface area contributed by atoms with Crippen LogP contribution in [0.15, 0.2) is 91.3 Å². The molecule has 2 aromatic heterocycles. The van der Waals surface area contributed by atoms with Crippen molar-refractivity contribution in [2.45, 2.75) is 109 Å². The molecule has 2 fully saturated rings. The van der Waals surface area contributed by atoms with Gasteiger partial charge in [0.25, 0.3) is 11.8 Å². The van der Waals surface area contributed by atoms with E-state index in [1.807, 2.05) is 82.3 Å². The Labute approximate surface area is 436 Å². The Bertz CT molecular complexity index is 2810. The number of hydrogen-bond donors (Lipinski definition) is 5. The standard InChI is InChI=1S/C55H66N10O10/c1-36(57-49(68)39-11-8-12-40(33-39)61-55(23-27-64(28-24-55)53(71)75-54(2,3)4)52-60-48(62-63-52)38-21-25-56-26-22-38)37-15-17-41(18-16-37)74-32-7-5-6-29-72-30-10-31-73-35-47(67)58-44-14-9-13-42-43(44)34-65(51(42)70)45-19-20-46(66)59-50(45)69/h8-9,11-18,21-22,25-26,33,36,45,61H,5-7,10,19-20,23-24,27-32,34-35H2,1-4H3,(H,57,68)(H,58,67)(H,59,66,69)(H,60,62,63)/t36-,45?/m1/s1. The van der Waals surface area contributed by atoms with Crippen molar-refractivity contribution >= 4 is 47.0 Å². The highest BCUT2D eigenvalue weighted by atomic mass is 16.6. The first-order chi connectivity index (χ1) is 36.1. The number of H-pyrrole nitrogens is 1. The van der Waals surface area contributed by atoms with Gasteiger partial charge in [-0.15, -0.1) is 0 Å². The predicted molar refractivity (Wildman–Crippen MR) is 277 cm³/mol. The van der Waals surface area contributed by atoms with Crippen molar-refractivity contribution in [1.82, 2.24) is 40.6 Å². The van der Waals surface area contributed by atoms with E-state index in [1.54, 1.807) is 41.6 Å². The average Bonchev–Trinajstić information content (AvgIpc) is 4.03. The quantitative estimate of drug-likeness (QED) is 0.0344. The van der Waals surface area contributed by atoms with Crippen LogP contribution in [0.4, 0.5) is 16.2 Å². The van der Waals surface area contributed by atoms with Crippen LogP contribution in [0.3, 0.4) is 0 Å². The summed E-state index contributed by atoms with van der Waals surface area (Å²) in [6, 6.07) is 22.8. The molecule has 2 saturated heterocycles. The third-order valence-electron chi connectivity index (χ3n) is 13.3. The van der Waals surface area contributed by atoms with Gasteiger partial charge in [-0.2, -0.15) is 5.10 Å². The lowest BCUT2D eigenvalue weighted by Gasteiger charge is -2.41. The number of ether oxygens (including phenoxy) is 4. The van der Waals surface area contributed by atoms with Crippen molar-refractivity contribution in [2.75, 3.05) is 56.8 Å². The molecule has 3 aromatic carbocycles. The van der Waals surface area contributed by atoms with E-state index in [2.05, 4.69) is 36.4 Å². The summed E-state index contributed by atoms with van der Waals surface area (Å²) in [5.74, 6) is 0.167. The summed E-state index contributed by atoms with van der Waals surface area (Å²) < 4.78 is 23.0. The molecule has 5 heterocycles. The van der Waals surface area contributed by atoms with Gasteiger partial charge in [-0.25, -0.2) is 9.78 Å². The lowest BCUT2D eigenvalue weighted by Crippen LogP contribution is -2.52. The molecule has 0 radical (unpaired) electrons. The van der Waals surface area contributed by atoms with E-state index in [1.165, 1.54) is 4.90 Å². The zero-order chi connectivity index (χ0) is 53.0. The highest BCUT2D eigenvalue weighted by molar-refractivity contribution is 6.07. The van der Waals surface area contributed by atoms with Gasteiger partial charge in [-0.1, -0.05) is 24.3 Å². The number of anilines is 2. The number of amides is 6. The summed E-state index contributed by atoms with van der Waals surface area (Å²) >= 11 is 0. The average molecular weight is 1030 g/mol. The van der Waals surface area contributed by atoms with Gasteiger partial charge in [0.15, 0.2) is 11.6 Å². The first-order valence-corrected chi connectivity index (χ1v) is 25.6. The Morgan fingerprint density at radius 3 is 2.36 bits per heavy atom. The lowest BCUT2D eigenvalue weighted by atomic mass is 9.86. The number of piperidine rings is 2. The minimum absolute atomic E-state index is 0.159. The maximum atomic E-state index is 13.7. The van der Waals surface area contributed by atoms with Crippen LogP contribution < -0.4 is 26.0 Å². The normalized spacial score (nSPS) is 16.7. The number of aromatic nitrogens is 4. The van der Waals surface area contributed by atoms with Crippen molar-refractivity contribution in [3.63, 3.8) is 0 Å². The lowest BCUT2D eigenvalue weighted by molar-refractivity contribution is -0.137. The molecule has 0 aliphatic carbocycles. The fourth-order valence-corrected chi connectivity index (χ4v) is 9.25. The van der Waals surface area contributed by atoms with Crippen LogP contribution in [-0.4, -0.2) is 123 Å². The van der Waals surface area contributed by atoms with E-state index in [9.17, 15) is 28.8 Å². The number of likely N-dealkylation sites (tertiary alicyclic amines) is 1. The molecule has 5 N–H and O–H groups in total. The third-order valence-corrected chi connectivity index (χ3v) is 13.3. The molecule has 3 aliphatic rings. The molecule has 20 heteroatoms. The summed E-state index contributed by atoms with van der Waals surface area (Å²) in [7, 11) is 0. The first-order valence-electron chi connectivity index (χ1n) is 25.6. The Kier molecular flexibility index (Phi) is 17.5. The first kappa shape index (κ1) is 53.6. The molecule has 3 aliphatic heterocycles. The summed E-state index contributed by atoms with van der Waals surface area (Å²) in [5, 5.41) is 19.6. The van der Waals surface area contributed by atoms with Crippen LogP contribution in [0.1, 0.15) is 123 Å². The highest BCUT2D eigenvalue weighted by Gasteiger charge is 2.42. The fraction of sp³-hybridized carbons (Fsp3) is 0.436. The van der Waals surface area contributed by atoms with Gasteiger partial charge in [0.1, 0.15) is 29.5 Å². The van der Waals surface area contributed by atoms with E-state index in [0.717, 1.165) is 41.8 Å². The topological polar surface area (TPSA) is 248 Å². The maximum absolute atomic E-state index is 13.7. The minimum Gasteiger partial charge on any atom is -0.494 e. The maximum Gasteiger partial charge on any atom is 0.410 e. The van der Waals surface area contributed by atoms with Crippen LogP contribution >= 0.6 is 0 Å². The van der Waals surface area contributed by atoms with Gasteiger partial charge in [0.05, 0.1) is 12.6 Å². The van der Waals surface area contributed by atoms with Crippen molar-refractivity contribution in [1.29, 1.82) is 0 Å².